The van der Waals surface area contributed by atoms with E-state index in [1.54, 1.807) is 19.4 Å². The van der Waals surface area contributed by atoms with Crippen molar-refractivity contribution in [2.75, 3.05) is 38.7 Å². The fourth-order valence-corrected chi connectivity index (χ4v) is 2.68. The van der Waals surface area contributed by atoms with Crippen molar-refractivity contribution >= 4 is 17.0 Å². The van der Waals surface area contributed by atoms with Crippen LogP contribution in [0.4, 0.5) is 5.95 Å². The fourth-order valence-electron chi connectivity index (χ4n) is 2.68. The second-order valence-electron chi connectivity index (χ2n) is 5.40. The first-order valence-corrected chi connectivity index (χ1v) is 7.27. The number of hydrogen-bond acceptors (Lipinski definition) is 6. The first-order valence-electron chi connectivity index (χ1n) is 7.27. The monoisotopic (exact) mass is 291 g/mol. The van der Waals surface area contributed by atoms with E-state index in [4.69, 9.17) is 4.74 Å². The third kappa shape index (κ3) is 3.43. The molecule has 21 heavy (non-hydrogen) atoms. The van der Waals surface area contributed by atoms with Gasteiger partial charge in [0.15, 0.2) is 5.88 Å². The molecule has 1 aliphatic heterocycles. The summed E-state index contributed by atoms with van der Waals surface area (Å²) in [6.45, 7) is 3.91. The summed E-state index contributed by atoms with van der Waals surface area (Å²) in [6, 6.07) is 2.00. The maximum atomic E-state index is 9.41. The van der Waals surface area contributed by atoms with E-state index in [1.807, 2.05) is 0 Å². The summed E-state index contributed by atoms with van der Waals surface area (Å²) in [4.78, 5) is 13.9. The zero-order chi connectivity index (χ0) is 14.7. The summed E-state index contributed by atoms with van der Waals surface area (Å²) in [6.07, 6.45) is 3.84. The molecule has 0 spiro atoms. The Morgan fingerprint density at radius 2 is 2.29 bits per heavy atom. The van der Waals surface area contributed by atoms with Gasteiger partial charge in [0.05, 0.1) is 23.8 Å². The molecule has 1 aliphatic rings. The van der Waals surface area contributed by atoms with Crippen molar-refractivity contribution < 1.29 is 9.84 Å². The Labute approximate surface area is 123 Å². The Kier molecular flexibility index (Phi) is 4.21. The number of aromatic nitrogens is 3. The third-order valence-corrected chi connectivity index (χ3v) is 3.89. The topological polar surface area (TPSA) is 86.3 Å². The van der Waals surface area contributed by atoms with Crippen molar-refractivity contribution in [3.63, 3.8) is 0 Å². The molecule has 1 saturated heterocycles. The van der Waals surface area contributed by atoms with Gasteiger partial charge in [-0.2, -0.15) is 0 Å². The molecule has 1 fully saturated rings. The molecule has 3 heterocycles. The number of aromatic amines is 1. The highest BCUT2D eigenvalue weighted by molar-refractivity contribution is 5.77. The maximum Gasteiger partial charge on any atom is 0.223 e. The van der Waals surface area contributed by atoms with E-state index in [0.717, 1.165) is 50.1 Å². The van der Waals surface area contributed by atoms with E-state index in [-0.39, 0.29) is 5.88 Å². The minimum Gasteiger partial charge on any atom is -0.495 e. The normalized spacial score (nSPS) is 17.4. The lowest BCUT2D eigenvalue weighted by molar-refractivity contribution is 0.132. The van der Waals surface area contributed by atoms with Crippen molar-refractivity contribution in [2.24, 2.45) is 0 Å². The minimum atomic E-state index is 0.114. The van der Waals surface area contributed by atoms with Crippen LogP contribution >= 0.6 is 0 Å². The summed E-state index contributed by atoms with van der Waals surface area (Å²) in [5.41, 5.74) is 1.47. The number of anilines is 1. The first-order chi connectivity index (χ1) is 10.2. The molecule has 0 bridgehead atoms. The van der Waals surface area contributed by atoms with Gasteiger partial charge in [0.25, 0.3) is 0 Å². The van der Waals surface area contributed by atoms with Gasteiger partial charge in [0, 0.05) is 38.9 Å². The molecule has 0 saturated carbocycles. The number of aromatic hydroxyl groups is 1. The van der Waals surface area contributed by atoms with Crippen LogP contribution in [-0.2, 0) is 4.74 Å². The lowest BCUT2D eigenvalue weighted by atomic mass is 10.1. The van der Waals surface area contributed by atoms with E-state index in [0.29, 0.717) is 12.0 Å². The van der Waals surface area contributed by atoms with Crippen molar-refractivity contribution in [3.8, 4) is 5.88 Å². The molecule has 0 unspecified atom stereocenters. The van der Waals surface area contributed by atoms with Gasteiger partial charge >= 0.3 is 0 Å². The van der Waals surface area contributed by atoms with Gasteiger partial charge in [-0.05, 0) is 12.8 Å². The zero-order valence-corrected chi connectivity index (χ0v) is 12.2. The Balaban J connectivity index is 1.56. The van der Waals surface area contributed by atoms with E-state index >= 15 is 0 Å². The predicted octanol–water partition coefficient (Wildman–Crippen LogP) is 1.19. The SMILES string of the molecule is COCCN1CCC(Nc2ncc3[nH]c(O)cc3n2)CC1. The molecule has 0 radical (unpaired) electrons. The molecule has 7 nitrogen and oxygen atoms in total. The van der Waals surface area contributed by atoms with Crippen molar-refractivity contribution in [1.29, 1.82) is 0 Å². The number of nitrogens with zero attached hydrogens (tertiary/aromatic N) is 3. The number of methoxy groups -OCH3 is 1. The summed E-state index contributed by atoms with van der Waals surface area (Å²) >= 11 is 0. The molecule has 0 atom stereocenters. The number of hydrogen-bond donors (Lipinski definition) is 3. The Morgan fingerprint density at radius 3 is 3.05 bits per heavy atom. The molecular formula is C14H21N5O2. The van der Waals surface area contributed by atoms with Crippen LogP contribution in [-0.4, -0.2) is 64.4 Å². The van der Waals surface area contributed by atoms with Crippen molar-refractivity contribution in [1.82, 2.24) is 19.9 Å². The Hall–Kier alpha value is -1.86. The van der Waals surface area contributed by atoms with Gasteiger partial charge in [-0.15, -0.1) is 0 Å². The van der Waals surface area contributed by atoms with E-state index < -0.39 is 0 Å². The minimum absolute atomic E-state index is 0.114. The largest absolute Gasteiger partial charge is 0.495 e. The van der Waals surface area contributed by atoms with E-state index in [2.05, 4.69) is 25.2 Å². The van der Waals surface area contributed by atoms with E-state index in [9.17, 15) is 5.11 Å². The Bertz CT molecular complexity index is 592. The summed E-state index contributed by atoms with van der Waals surface area (Å²) in [5.74, 6) is 0.736. The summed E-state index contributed by atoms with van der Waals surface area (Å²) in [5, 5.41) is 12.8. The first kappa shape index (κ1) is 14.1. The molecular weight excluding hydrogens is 270 g/mol. The Morgan fingerprint density at radius 1 is 1.48 bits per heavy atom. The quantitative estimate of drug-likeness (QED) is 0.767. The van der Waals surface area contributed by atoms with Gasteiger partial charge in [-0.3, -0.25) is 0 Å². The smallest absolute Gasteiger partial charge is 0.223 e. The van der Waals surface area contributed by atoms with E-state index in [1.165, 1.54) is 0 Å². The molecule has 0 amide bonds. The second kappa shape index (κ2) is 6.28. The number of ether oxygens (including phenoxy) is 1. The summed E-state index contributed by atoms with van der Waals surface area (Å²) in [7, 11) is 1.74. The van der Waals surface area contributed by atoms with Gasteiger partial charge < -0.3 is 25.0 Å². The molecule has 0 aromatic carbocycles. The number of fused-ring (bicyclic) bond motifs is 1. The second-order valence-corrected chi connectivity index (χ2v) is 5.40. The molecule has 0 aliphatic carbocycles. The fraction of sp³-hybridized carbons (Fsp3) is 0.571. The average molecular weight is 291 g/mol. The highest BCUT2D eigenvalue weighted by Crippen LogP contribution is 2.19. The lowest BCUT2D eigenvalue weighted by Gasteiger charge is -2.32. The van der Waals surface area contributed by atoms with Crippen LogP contribution in [0.25, 0.3) is 11.0 Å². The molecule has 3 N–H and O–H groups in total. The molecule has 2 aromatic heterocycles. The third-order valence-electron chi connectivity index (χ3n) is 3.89. The zero-order valence-electron chi connectivity index (χ0n) is 12.2. The van der Waals surface area contributed by atoms with Crippen LogP contribution in [0.5, 0.6) is 5.88 Å². The molecule has 2 aromatic rings. The van der Waals surface area contributed by atoms with Gasteiger partial charge in [-0.1, -0.05) is 0 Å². The number of H-pyrrole nitrogens is 1. The molecule has 114 valence electrons. The van der Waals surface area contributed by atoms with Gasteiger partial charge in [-0.25, -0.2) is 9.97 Å². The number of likely N-dealkylation sites (tertiary alicyclic amines) is 1. The highest BCUT2D eigenvalue weighted by atomic mass is 16.5. The van der Waals surface area contributed by atoms with Crippen LogP contribution in [0.3, 0.4) is 0 Å². The van der Waals surface area contributed by atoms with Crippen LogP contribution in [0.15, 0.2) is 12.3 Å². The number of rotatable bonds is 5. The van der Waals surface area contributed by atoms with Crippen molar-refractivity contribution in [3.05, 3.63) is 12.3 Å². The van der Waals surface area contributed by atoms with Gasteiger partial charge in [0.1, 0.15) is 0 Å². The predicted molar refractivity (Wildman–Crippen MR) is 80.5 cm³/mol. The maximum absolute atomic E-state index is 9.41. The van der Waals surface area contributed by atoms with Crippen LogP contribution in [0, 0.1) is 0 Å². The van der Waals surface area contributed by atoms with Crippen LogP contribution in [0.1, 0.15) is 12.8 Å². The summed E-state index contributed by atoms with van der Waals surface area (Å²) < 4.78 is 5.11. The standard InChI is InChI=1S/C14H21N5O2/c1-21-7-6-19-4-2-10(3-5-19)16-14-15-9-12-11(18-14)8-13(20)17-12/h8-10,17,20H,2-7H2,1H3,(H,15,16,18). The van der Waals surface area contributed by atoms with Crippen LogP contribution in [0.2, 0.25) is 0 Å². The highest BCUT2D eigenvalue weighted by Gasteiger charge is 2.19. The molecule has 7 heteroatoms. The van der Waals surface area contributed by atoms with Crippen molar-refractivity contribution in [2.45, 2.75) is 18.9 Å². The number of nitrogens with one attached hydrogen (secondary N) is 2. The number of piperidine rings is 1. The van der Waals surface area contributed by atoms with Crippen LogP contribution < -0.4 is 5.32 Å². The lowest BCUT2D eigenvalue weighted by Crippen LogP contribution is -2.40. The molecule has 3 rings (SSSR count). The van der Waals surface area contributed by atoms with Gasteiger partial charge in [0.2, 0.25) is 5.95 Å². The average Bonchev–Trinajstić information content (AvgIpc) is 2.86.